The van der Waals surface area contributed by atoms with Crippen molar-refractivity contribution in [2.75, 3.05) is 13.7 Å². The molecule has 1 aromatic rings. The van der Waals surface area contributed by atoms with Gasteiger partial charge in [0.05, 0.1) is 12.7 Å². The van der Waals surface area contributed by atoms with Gasteiger partial charge in [0.1, 0.15) is 6.23 Å². The quantitative estimate of drug-likeness (QED) is 0.697. The molecule has 0 aromatic carbocycles. The standard InChI is InChI=1S/C10H14N2O4.CH4O/c1-11-8(14)4-5-12(10(11)15)9-3-2-7(6-13)16-9;1-2/h4-5,7,9,13H,2-3,6H2,1H3;2H,1H3. The molecule has 1 aromatic heterocycles. The van der Waals surface area contributed by atoms with E-state index < -0.39 is 5.69 Å². The van der Waals surface area contributed by atoms with Crippen LogP contribution in [0.2, 0.25) is 0 Å². The van der Waals surface area contributed by atoms with Gasteiger partial charge in [-0.15, -0.1) is 0 Å². The fraction of sp³-hybridized carbons (Fsp3) is 0.636. The Morgan fingerprint density at radius 1 is 1.39 bits per heavy atom. The first-order valence-corrected chi connectivity index (χ1v) is 5.62. The zero-order valence-electron chi connectivity index (χ0n) is 10.4. The molecule has 1 aliphatic rings. The molecule has 1 saturated heterocycles. The predicted octanol–water partition coefficient (Wildman–Crippen LogP) is -1.17. The number of hydrogen-bond acceptors (Lipinski definition) is 5. The second-order valence-electron chi connectivity index (χ2n) is 3.88. The van der Waals surface area contributed by atoms with E-state index in [0.29, 0.717) is 6.42 Å². The molecule has 2 unspecified atom stereocenters. The molecule has 102 valence electrons. The Bertz CT molecular complexity index is 493. The van der Waals surface area contributed by atoms with Crippen LogP contribution in [0.3, 0.4) is 0 Å². The van der Waals surface area contributed by atoms with Crippen molar-refractivity contribution in [3.8, 4) is 0 Å². The monoisotopic (exact) mass is 258 g/mol. The van der Waals surface area contributed by atoms with E-state index in [2.05, 4.69) is 0 Å². The summed E-state index contributed by atoms with van der Waals surface area (Å²) in [6.45, 7) is -0.0446. The van der Waals surface area contributed by atoms with Crippen LogP contribution in [-0.4, -0.2) is 39.2 Å². The van der Waals surface area contributed by atoms with Crippen LogP contribution in [0, 0.1) is 0 Å². The van der Waals surface area contributed by atoms with Gasteiger partial charge in [0.25, 0.3) is 5.56 Å². The van der Waals surface area contributed by atoms with Crippen LogP contribution in [-0.2, 0) is 11.8 Å². The predicted molar refractivity (Wildman–Crippen MR) is 64.3 cm³/mol. The second-order valence-corrected chi connectivity index (χ2v) is 3.88. The van der Waals surface area contributed by atoms with Crippen molar-refractivity contribution in [3.05, 3.63) is 33.1 Å². The Balaban J connectivity index is 0.000000771. The van der Waals surface area contributed by atoms with E-state index in [1.54, 1.807) is 0 Å². The minimum atomic E-state index is -0.393. The van der Waals surface area contributed by atoms with Crippen molar-refractivity contribution >= 4 is 0 Å². The zero-order chi connectivity index (χ0) is 13.7. The molecule has 0 radical (unpaired) electrons. The Kier molecular flexibility index (Phi) is 5.26. The summed E-state index contributed by atoms with van der Waals surface area (Å²) < 4.78 is 7.89. The Morgan fingerprint density at radius 2 is 2.06 bits per heavy atom. The molecule has 0 aliphatic carbocycles. The summed E-state index contributed by atoms with van der Waals surface area (Å²) in [5.41, 5.74) is -0.728. The van der Waals surface area contributed by atoms with Gasteiger partial charge < -0.3 is 14.9 Å². The number of aliphatic hydroxyl groups excluding tert-OH is 2. The van der Waals surface area contributed by atoms with E-state index in [0.717, 1.165) is 18.1 Å². The lowest BCUT2D eigenvalue weighted by Gasteiger charge is -2.15. The number of aliphatic hydroxyl groups is 2. The number of nitrogens with zero attached hydrogens (tertiary/aromatic N) is 2. The topological polar surface area (TPSA) is 93.7 Å². The van der Waals surface area contributed by atoms with Crippen LogP contribution in [0.15, 0.2) is 21.9 Å². The first-order valence-electron chi connectivity index (χ1n) is 5.62. The maximum absolute atomic E-state index is 11.8. The molecule has 2 atom stereocenters. The average Bonchev–Trinajstić information content (AvgIpc) is 2.87. The summed E-state index contributed by atoms with van der Waals surface area (Å²) in [7, 11) is 2.43. The Hall–Kier alpha value is -1.44. The van der Waals surface area contributed by atoms with E-state index >= 15 is 0 Å². The molecule has 2 N–H and O–H groups in total. The van der Waals surface area contributed by atoms with Crippen molar-refractivity contribution in [2.45, 2.75) is 25.2 Å². The van der Waals surface area contributed by atoms with Gasteiger partial charge in [0.2, 0.25) is 0 Å². The third-order valence-corrected chi connectivity index (χ3v) is 2.82. The van der Waals surface area contributed by atoms with E-state index in [-0.39, 0.29) is 24.5 Å². The van der Waals surface area contributed by atoms with Crippen LogP contribution < -0.4 is 11.2 Å². The molecular formula is C11H18N2O5. The molecule has 1 aliphatic heterocycles. The fourth-order valence-electron chi connectivity index (χ4n) is 1.83. The number of ether oxygens (including phenoxy) is 1. The molecule has 2 rings (SSSR count). The molecule has 7 nitrogen and oxygen atoms in total. The molecule has 0 bridgehead atoms. The lowest BCUT2D eigenvalue weighted by Crippen LogP contribution is -2.38. The largest absolute Gasteiger partial charge is 0.400 e. The van der Waals surface area contributed by atoms with Gasteiger partial charge in [-0.1, -0.05) is 0 Å². The van der Waals surface area contributed by atoms with E-state index in [4.69, 9.17) is 14.9 Å². The molecule has 0 amide bonds. The maximum atomic E-state index is 11.8. The molecule has 0 spiro atoms. The van der Waals surface area contributed by atoms with Crippen LogP contribution in [0.4, 0.5) is 0 Å². The highest BCUT2D eigenvalue weighted by molar-refractivity contribution is 4.88. The van der Waals surface area contributed by atoms with E-state index in [1.807, 2.05) is 0 Å². The van der Waals surface area contributed by atoms with Crippen LogP contribution in [0.25, 0.3) is 0 Å². The zero-order valence-corrected chi connectivity index (χ0v) is 10.4. The van der Waals surface area contributed by atoms with Crippen LogP contribution in [0.5, 0.6) is 0 Å². The van der Waals surface area contributed by atoms with Gasteiger partial charge in [0.15, 0.2) is 0 Å². The smallest absolute Gasteiger partial charge is 0.332 e. The normalized spacial score (nSPS) is 22.4. The van der Waals surface area contributed by atoms with Gasteiger partial charge in [-0.2, -0.15) is 0 Å². The van der Waals surface area contributed by atoms with Gasteiger partial charge in [-0.25, -0.2) is 4.79 Å². The molecule has 2 heterocycles. The number of rotatable bonds is 2. The first kappa shape index (κ1) is 14.6. The first-order chi connectivity index (χ1) is 8.63. The van der Waals surface area contributed by atoms with Crippen molar-refractivity contribution in [2.24, 2.45) is 7.05 Å². The summed E-state index contributed by atoms with van der Waals surface area (Å²) in [5.74, 6) is 0. The summed E-state index contributed by atoms with van der Waals surface area (Å²) in [6.07, 6.45) is 2.24. The van der Waals surface area contributed by atoms with Gasteiger partial charge in [-0.3, -0.25) is 13.9 Å². The van der Waals surface area contributed by atoms with Crippen LogP contribution >= 0.6 is 0 Å². The summed E-state index contributed by atoms with van der Waals surface area (Å²) in [5, 5.41) is 15.9. The van der Waals surface area contributed by atoms with Crippen LogP contribution in [0.1, 0.15) is 19.1 Å². The van der Waals surface area contributed by atoms with Crippen molar-refractivity contribution in [1.29, 1.82) is 0 Å². The van der Waals surface area contributed by atoms with Crippen molar-refractivity contribution < 1.29 is 14.9 Å². The highest BCUT2D eigenvalue weighted by Crippen LogP contribution is 2.26. The molecule has 7 heteroatoms. The molecule has 18 heavy (non-hydrogen) atoms. The highest BCUT2D eigenvalue weighted by atomic mass is 16.5. The summed E-state index contributed by atoms with van der Waals surface area (Å²) >= 11 is 0. The van der Waals surface area contributed by atoms with Gasteiger partial charge in [-0.05, 0) is 12.8 Å². The van der Waals surface area contributed by atoms with Crippen molar-refractivity contribution in [3.63, 3.8) is 0 Å². The molecule has 1 fully saturated rings. The molecule has 0 saturated carbocycles. The lowest BCUT2D eigenvalue weighted by atomic mass is 10.2. The fourth-order valence-corrected chi connectivity index (χ4v) is 1.83. The van der Waals surface area contributed by atoms with Crippen molar-refractivity contribution in [1.82, 2.24) is 9.13 Å². The van der Waals surface area contributed by atoms with E-state index in [9.17, 15) is 9.59 Å². The maximum Gasteiger partial charge on any atom is 0.332 e. The van der Waals surface area contributed by atoms with E-state index in [1.165, 1.54) is 23.9 Å². The SMILES string of the molecule is CO.Cn1c(=O)ccn(C2CCC(CO)O2)c1=O. The van der Waals surface area contributed by atoms with Gasteiger partial charge >= 0.3 is 5.69 Å². The number of hydrogen-bond donors (Lipinski definition) is 2. The highest BCUT2D eigenvalue weighted by Gasteiger charge is 2.26. The van der Waals surface area contributed by atoms with Gasteiger partial charge in [0, 0.05) is 26.4 Å². The summed E-state index contributed by atoms with van der Waals surface area (Å²) in [4.78, 5) is 23.0. The third kappa shape index (κ3) is 2.87. The minimum absolute atomic E-state index is 0.0446. The Labute approximate surface area is 104 Å². The lowest BCUT2D eigenvalue weighted by molar-refractivity contribution is -0.0251. The average molecular weight is 258 g/mol. The minimum Gasteiger partial charge on any atom is -0.400 e. The molecular weight excluding hydrogens is 240 g/mol. The number of aromatic nitrogens is 2. The second kappa shape index (κ2) is 6.48. The Morgan fingerprint density at radius 3 is 2.61 bits per heavy atom. The third-order valence-electron chi connectivity index (χ3n) is 2.82. The summed E-state index contributed by atoms with van der Waals surface area (Å²) in [6, 6.07) is 1.33.